The van der Waals surface area contributed by atoms with Gasteiger partial charge in [0.05, 0.1) is 11.6 Å². The fraction of sp³-hybridized carbons (Fsp3) is 0.240. The molecular formula is C25H24Cl2N2O3S. The summed E-state index contributed by atoms with van der Waals surface area (Å²) in [7, 11) is -4.07. The minimum atomic E-state index is -4.07. The summed E-state index contributed by atoms with van der Waals surface area (Å²) >= 11 is 12.3. The van der Waals surface area contributed by atoms with Crippen LogP contribution in [-0.4, -0.2) is 37.8 Å². The zero-order valence-corrected chi connectivity index (χ0v) is 20.4. The van der Waals surface area contributed by atoms with Crippen LogP contribution < -0.4 is 4.90 Å². The van der Waals surface area contributed by atoms with Gasteiger partial charge in [-0.1, -0.05) is 71.7 Å². The molecular weight excluding hydrogens is 479 g/mol. The van der Waals surface area contributed by atoms with Crippen LogP contribution >= 0.6 is 23.2 Å². The molecule has 1 aliphatic rings. The van der Waals surface area contributed by atoms with E-state index in [4.69, 9.17) is 23.2 Å². The van der Waals surface area contributed by atoms with Gasteiger partial charge < -0.3 is 4.90 Å². The maximum atomic E-state index is 13.6. The molecule has 8 heteroatoms. The Hall–Kier alpha value is -2.38. The normalized spacial score (nSPS) is 15.6. The van der Waals surface area contributed by atoms with Gasteiger partial charge in [0, 0.05) is 23.3 Å². The fourth-order valence-electron chi connectivity index (χ4n) is 4.17. The molecule has 0 saturated heterocycles. The molecule has 0 aliphatic carbocycles. The predicted octanol–water partition coefficient (Wildman–Crippen LogP) is 5.20. The Bertz CT molecular complexity index is 1270. The van der Waals surface area contributed by atoms with Gasteiger partial charge in [-0.3, -0.25) is 4.79 Å². The first kappa shape index (κ1) is 23.8. The number of sulfonamides is 1. The van der Waals surface area contributed by atoms with E-state index in [1.54, 1.807) is 4.90 Å². The lowest BCUT2D eigenvalue weighted by Gasteiger charge is -2.28. The number of amides is 1. The monoisotopic (exact) mass is 502 g/mol. The lowest BCUT2D eigenvalue weighted by Crippen LogP contribution is -2.45. The van der Waals surface area contributed by atoms with E-state index in [2.05, 4.69) is 0 Å². The molecule has 1 atom stereocenters. The SMILES string of the molecule is C[C@H]1Cc2ccccc2N1C(=O)CN(CCc1ccccc1)S(=O)(=O)c1cc(Cl)ccc1Cl. The Labute approximate surface area is 204 Å². The van der Waals surface area contributed by atoms with Crippen molar-refractivity contribution in [3.05, 3.63) is 94.0 Å². The number of nitrogens with zero attached hydrogens (tertiary/aromatic N) is 2. The molecule has 5 nitrogen and oxygen atoms in total. The van der Waals surface area contributed by atoms with Gasteiger partial charge in [-0.15, -0.1) is 0 Å². The number of para-hydroxylation sites is 1. The molecule has 4 rings (SSSR count). The van der Waals surface area contributed by atoms with Crippen LogP contribution in [0.1, 0.15) is 18.1 Å². The van der Waals surface area contributed by atoms with Crippen molar-refractivity contribution < 1.29 is 13.2 Å². The Morgan fingerprint density at radius 1 is 1.03 bits per heavy atom. The van der Waals surface area contributed by atoms with E-state index in [0.717, 1.165) is 23.2 Å². The van der Waals surface area contributed by atoms with Gasteiger partial charge in [0.1, 0.15) is 4.90 Å². The standard InChI is InChI=1S/C25H24Cl2N2O3S/c1-18-15-20-9-5-6-10-23(20)29(18)25(30)17-28(14-13-19-7-3-2-4-8-19)33(31,32)24-16-21(26)11-12-22(24)27/h2-12,16,18H,13-15,17H2,1H3/t18-/m0/s1. The number of carbonyl (C=O) groups excluding carboxylic acids is 1. The Balaban J connectivity index is 1.65. The molecule has 0 bridgehead atoms. The van der Waals surface area contributed by atoms with Crippen LogP contribution in [0.25, 0.3) is 0 Å². The molecule has 1 heterocycles. The van der Waals surface area contributed by atoms with Crippen LogP contribution in [0.5, 0.6) is 0 Å². The number of fused-ring (bicyclic) bond motifs is 1. The third kappa shape index (κ3) is 5.09. The number of anilines is 1. The van der Waals surface area contributed by atoms with Crippen LogP contribution in [0, 0.1) is 0 Å². The molecule has 0 radical (unpaired) electrons. The Morgan fingerprint density at radius 3 is 2.48 bits per heavy atom. The Kier molecular flexibility index (Phi) is 7.10. The average Bonchev–Trinajstić information content (AvgIpc) is 3.14. The van der Waals surface area contributed by atoms with Crippen molar-refractivity contribution in [1.29, 1.82) is 0 Å². The predicted molar refractivity (Wildman–Crippen MR) is 132 cm³/mol. The smallest absolute Gasteiger partial charge is 0.245 e. The highest BCUT2D eigenvalue weighted by atomic mass is 35.5. The summed E-state index contributed by atoms with van der Waals surface area (Å²) in [6, 6.07) is 21.5. The second-order valence-corrected chi connectivity index (χ2v) is 10.8. The lowest BCUT2D eigenvalue weighted by atomic mass is 10.1. The van der Waals surface area contributed by atoms with Gasteiger partial charge in [-0.05, 0) is 55.2 Å². The van der Waals surface area contributed by atoms with E-state index in [9.17, 15) is 13.2 Å². The van der Waals surface area contributed by atoms with E-state index in [0.29, 0.717) is 6.42 Å². The molecule has 3 aromatic carbocycles. The number of rotatable bonds is 7. The minimum absolute atomic E-state index is 0.0525. The highest BCUT2D eigenvalue weighted by molar-refractivity contribution is 7.89. The van der Waals surface area contributed by atoms with Crippen molar-refractivity contribution in [3.8, 4) is 0 Å². The van der Waals surface area contributed by atoms with Crippen molar-refractivity contribution in [2.45, 2.75) is 30.7 Å². The summed E-state index contributed by atoms with van der Waals surface area (Å²) in [5.74, 6) is -0.276. The molecule has 33 heavy (non-hydrogen) atoms. The molecule has 0 fully saturated rings. The van der Waals surface area contributed by atoms with Crippen LogP contribution in [0.3, 0.4) is 0 Å². The first-order chi connectivity index (χ1) is 15.8. The quantitative estimate of drug-likeness (QED) is 0.445. The fourth-order valence-corrected chi connectivity index (χ4v) is 6.30. The van der Waals surface area contributed by atoms with Crippen LogP contribution in [0.4, 0.5) is 5.69 Å². The summed E-state index contributed by atoms with van der Waals surface area (Å²) in [5, 5.41) is 0.325. The van der Waals surface area contributed by atoms with Gasteiger partial charge in [-0.2, -0.15) is 4.31 Å². The number of carbonyl (C=O) groups is 1. The highest BCUT2D eigenvalue weighted by Gasteiger charge is 2.35. The van der Waals surface area contributed by atoms with E-state index in [1.165, 1.54) is 22.5 Å². The molecule has 1 amide bonds. The van der Waals surface area contributed by atoms with Crippen LogP contribution in [-0.2, 0) is 27.7 Å². The van der Waals surface area contributed by atoms with Crippen molar-refractivity contribution in [1.82, 2.24) is 4.31 Å². The van der Waals surface area contributed by atoms with Crippen molar-refractivity contribution >= 4 is 44.8 Å². The van der Waals surface area contributed by atoms with E-state index in [1.807, 2.05) is 61.5 Å². The maximum Gasteiger partial charge on any atom is 0.245 e. The molecule has 0 saturated carbocycles. The van der Waals surface area contributed by atoms with E-state index in [-0.39, 0.29) is 40.0 Å². The second-order valence-electron chi connectivity index (χ2n) is 8.09. The van der Waals surface area contributed by atoms with Crippen molar-refractivity contribution in [3.63, 3.8) is 0 Å². The topological polar surface area (TPSA) is 57.7 Å². The van der Waals surface area contributed by atoms with Crippen LogP contribution in [0.2, 0.25) is 10.0 Å². The average molecular weight is 503 g/mol. The van der Waals surface area contributed by atoms with Gasteiger partial charge >= 0.3 is 0 Å². The molecule has 1 aliphatic heterocycles. The number of halogens is 2. The third-order valence-electron chi connectivity index (χ3n) is 5.79. The maximum absolute atomic E-state index is 13.6. The summed E-state index contributed by atoms with van der Waals surface area (Å²) in [6.07, 6.45) is 1.19. The Morgan fingerprint density at radius 2 is 1.73 bits per heavy atom. The summed E-state index contributed by atoms with van der Waals surface area (Å²) < 4.78 is 28.4. The first-order valence-corrected chi connectivity index (χ1v) is 12.9. The van der Waals surface area contributed by atoms with Crippen molar-refractivity contribution in [2.75, 3.05) is 18.0 Å². The highest BCUT2D eigenvalue weighted by Crippen LogP contribution is 2.33. The van der Waals surface area contributed by atoms with Gasteiger partial charge in [0.25, 0.3) is 0 Å². The van der Waals surface area contributed by atoms with Gasteiger partial charge in [-0.25, -0.2) is 8.42 Å². The summed E-state index contributed by atoms with van der Waals surface area (Å²) in [6.45, 7) is 1.80. The summed E-state index contributed by atoms with van der Waals surface area (Å²) in [4.78, 5) is 15.0. The number of hydrogen-bond acceptors (Lipinski definition) is 3. The molecule has 0 unspecified atom stereocenters. The lowest BCUT2D eigenvalue weighted by molar-refractivity contribution is -0.119. The molecule has 0 spiro atoms. The third-order valence-corrected chi connectivity index (χ3v) is 8.35. The zero-order chi connectivity index (χ0) is 23.6. The van der Waals surface area contributed by atoms with Gasteiger partial charge in [0.15, 0.2) is 0 Å². The minimum Gasteiger partial charge on any atom is -0.308 e. The van der Waals surface area contributed by atoms with E-state index >= 15 is 0 Å². The number of hydrogen-bond donors (Lipinski definition) is 0. The number of benzene rings is 3. The molecule has 0 aromatic heterocycles. The summed E-state index contributed by atoms with van der Waals surface area (Å²) in [5.41, 5.74) is 2.88. The van der Waals surface area contributed by atoms with E-state index < -0.39 is 10.0 Å². The van der Waals surface area contributed by atoms with Crippen molar-refractivity contribution in [2.24, 2.45) is 0 Å². The largest absolute Gasteiger partial charge is 0.308 e. The first-order valence-electron chi connectivity index (χ1n) is 10.7. The molecule has 0 N–H and O–H groups in total. The zero-order valence-electron chi connectivity index (χ0n) is 18.1. The van der Waals surface area contributed by atoms with Gasteiger partial charge in [0.2, 0.25) is 15.9 Å². The molecule has 172 valence electrons. The molecule has 3 aromatic rings. The second kappa shape index (κ2) is 9.85. The van der Waals surface area contributed by atoms with Crippen LogP contribution in [0.15, 0.2) is 77.7 Å².